The normalized spacial score (nSPS) is 35.0. The van der Waals surface area contributed by atoms with Crippen LogP contribution in [0.1, 0.15) is 19.8 Å². The topological polar surface area (TPSA) is 18.5 Å². The number of ether oxygens (including phenoxy) is 2. The highest BCUT2D eigenvalue weighted by atomic mass is 19.3. The van der Waals surface area contributed by atoms with E-state index in [1.54, 1.807) is 7.11 Å². The molecule has 2 unspecified atom stereocenters. The van der Waals surface area contributed by atoms with Crippen LogP contribution in [0.2, 0.25) is 0 Å². The van der Waals surface area contributed by atoms with Gasteiger partial charge in [-0.05, 0) is 13.3 Å². The average Bonchev–Trinajstić information content (AvgIpc) is 1.98. The van der Waals surface area contributed by atoms with Crippen molar-refractivity contribution in [1.82, 2.24) is 0 Å². The van der Waals surface area contributed by atoms with E-state index in [0.29, 0.717) is 13.0 Å². The summed E-state index contributed by atoms with van der Waals surface area (Å²) in [6, 6.07) is 0. The maximum Gasteiger partial charge on any atom is 0.273 e. The van der Waals surface area contributed by atoms with Crippen molar-refractivity contribution >= 4 is 0 Å². The third kappa shape index (κ3) is 2.14. The zero-order chi connectivity index (χ0) is 9.19. The largest absolute Gasteiger partial charge is 0.382 e. The summed E-state index contributed by atoms with van der Waals surface area (Å²) in [4.78, 5) is 0. The lowest BCUT2D eigenvalue weighted by Gasteiger charge is -2.33. The van der Waals surface area contributed by atoms with Crippen LogP contribution in [0, 0.1) is 0 Å². The Balaban J connectivity index is 2.41. The highest BCUT2D eigenvalue weighted by molar-refractivity contribution is 4.82. The van der Waals surface area contributed by atoms with Gasteiger partial charge < -0.3 is 9.47 Å². The van der Waals surface area contributed by atoms with Crippen LogP contribution >= 0.6 is 0 Å². The van der Waals surface area contributed by atoms with Crippen LogP contribution in [0.3, 0.4) is 0 Å². The van der Waals surface area contributed by atoms with Crippen molar-refractivity contribution in [3.05, 3.63) is 0 Å². The summed E-state index contributed by atoms with van der Waals surface area (Å²) in [6.45, 7) is 1.81. The highest BCUT2D eigenvalue weighted by Crippen LogP contribution is 2.33. The molecule has 0 amide bonds. The van der Waals surface area contributed by atoms with Crippen molar-refractivity contribution in [1.29, 1.82) is 0 Å². The average molecular weight is 180 g/mol. The van der Waals surface area contributed by atoms with Crippen LogP contribution in [0.15, 0.2) is 0 Å². The molecule has 0 N–H and O–H groups in total. The number of hydrogen-bond donors (Lipinski definition) is 0. The first kappa shape index (κ1) is 9.86. The molecule has 12 heavy (non-hydrogen) atoms. The lowest BCUT2D eigenvalue weighted by Crippen LogP contribution is -2.43. The Morgan fingerprint density at radius 3 is 2.75 bits per heavy atom. The molecule has 0 bridgehead atoms. The molecule has 1 rings (SSSR count). The highest BCUT2D eigenvalue weighted by Gasteiger charge is 2.42. The van der Waals surface area contributed by atoms with Crippen LogP contribution in [-0.4, -0.2) is 31.8 Å². The van der Waals surface area contributed by atoms with Crippen molar-refractivity contribution in [2.75, 3.05) is 13.7 Å². The first-order valence-electron chi connectivity index (χ1n) is 4.08. The Hall–Kier alpha value is -0.220. The summed E-state index contributed by atoms with van der Waals surface area (Å²) in [6.07, 6.45) is -0.857. The van der Waals surface area contributed by atoms with E-state index in [9.17, 15) is 8.78 Å². The fraction of sp³-hybridized carbons (Fsp3) is 1.00. The van der Waals surface area contributed by atoms with E-state index in [1.165, 1.54) is 6.92 Å². The SMILES string of the molecule is COCC1CCC(F)(F)C(C)O1. The third-order valence-corrected chi connectivity index (χ3v) is 2.14. The van der Waals surface area contributed by atoms with Crippen LogP contribution in [0.5, 0.6) is 0 Å². The summed E-state index contributed by atoms with van der Waals surface area (Å²) >= 11 is 0. The molecule has 0 aliphatic carbocycles. The molecule has 4 heteroatoms. The van der Waals surface area contributed by atoms with Gasteiger partial charge in [0.15, 0.2) is 0 Å². The van der Waals surface area contributed by atoms with Gasteiger partial charge in [0.2, 0.25) is 0 Å². The van der Waals surface area contributed by atoms with Gasteiger partial charge in [-0.1, -0.05) is 0 Å². The predicted molar refractivity (Wildman–Crippen MR) is 40.4 cm³/mol. The Morgan fingerprint density at radius 2 is 2.25 bits per heavy atom. The third-order valence-electron chi connectivity index (χ3n) is 2.14. The molecule has 0 aromatic rings. The number of methoxy groups -OCH3 is 1. The second-order valence-corrected chi connectivity index (χ2v) is 3.16. The minimum Gasteiger partial charge on any atom is -0.382 e. The number of alkyl halides is 2. The Morgan fingerprint density at radius 1 is 1.58 bits per heavy atom. The van der Waals surface area contributed by atoms with Gasteiger partial charge in [0.1, 0.15) is 6.10 Å². The minimum absolute atomic E-state index is 0.0950. The molecule has 0 radical (unpaired) electrons. The summed E-state index contributed by atoms with van der Waals surface area (Å²) in [5.74, 6) is -2.66. The molecule has 1 fully saturated rings. The Kier molecular flexibility index (Phi) is 3.01. The summed E-state index contributed by atoms with van der Waals surface area (Å²) in [5.41, 5.74) is 0. The number of rotatable bonds is 2. The molecular formula is C8H14F2O2. The van der Waals surface area contributed by atoms with Gasteiger partial charge in [-0.3, -0.25) is 0 Å². The predicted octanol–water partition coefficient (Wildman–Crippen LogP) is 1.84. The van der Waals surface area contributed by atoms with E-state index in [4.69, 9.17) is 9.47 Å². The molecule has 1 saturated heterocycles. The first-order chi connectivity index (χ1) is 5.56. The molecule has 1 heterocycles. The Bertz CT molecular complexity index is 150. The van der Waals surface area contributed by atoms with Gasteiger partial charge in [-0.15, -0.1) is 0 Å². The van der Waals surface area contributed by atoms with Crippen LogP contribution in [-0.2, 0) is 9.47 Å². The van der Waals surface area contributed by atoms with E-state index in [2.05, 4.69) is 0 Å². The van der Waals surface area contributed by atoms with Crippen LogP contribution in [0.25, 0.3) is 0 Å². The molecule has 0 aromatic carbocycles. The van der Waals surface area contributed by atoms with Crippen molar-refractivity contribution in [3.63, 3.8) is 0 Å². The van der Waals surface area contributed by atoms with Crippen molar-refractivity contribution in [2.45, 2.75) is 37.9 Å². The smallest absolute Gasteiger partial charge is 0.273 e. The maximum absolute atomic E-state index is 12.8. The standard InChI is InChI=1S/C8H14F2O2/c1-6-8(9,10)4-3-7(12-6)5-11-2/h6-7H,3-5H2,1-2H3. The lowest BCUT2D eigenvalue weighted by molar-refractivity contribution is -0.199. The minimum atomic E-state index is -2.66. The molecule has 1 aliphatic heterocycles. The quantitative estimate of drug-likeness (QED) is 0.645. The van der Waals surface area contributed by atoms with Crippen molar-refractivity contribution in [3.8, 4) is 0 Å². The number of halogens is 2. The molecule has 0 saturated carbocycles. The first-order valence-corrected chi connectivity index (χ1v) is 4.08. The van der Waals surface area contributed by atoms with Gasteiger partial charge in [-0.2, -0.15) is 0 Å². The summed E-state index contributed by atoms with van der Waals surface area (Å²) in [7, 11) is 1.54. The lowest BCUT2D eigenvalue weighted by atomic mass is 10.0. The molecule has 2 atom stereocenters. The fourth-order valence-corrected chi connectivity index (χ4v) is 1.32. The van der Waals surface area contributed by atoms with E-state index < -0.39 is 12.0 Å². The molecular weight excluding hydrogens is 166 g/mol. The number of hydrogen-bond acceptors (Lipinski definition) is 2. The van der Waals surface area contributed by atoms with Gasteiger partial charge in [0.05, 0.1) is 12.7 Å². The molecule has 0 aromatic heterocycles. The van der Waals surface area contributed by atoms with Crippen LogP contribution < -0.4 is 0 Å². The second-order valence-electron chi connectivity index (χ2n) is 3.16. The van der Waals surface area contributed by atoms with Gasteiger partial charge >= 0.3 is 0 Å². The molecule has 72 valence electrons. The summed E-state index contributed by atoms with van der Waals surface area (Å²) in [5, 5.41) is 0. The zero-order valence-corrected chi connectivity index (χ0v) is 7.35. The van der Waals surface area contributed by atoms with Gasteiger partial charge in [-0.25, -0.2) is 8.78 Å². The van der Waals surface area contributed by atoms with Gasteiger partial charge in [0, 0.05) is 13.5 Å². The van der Waals surface area contributed by atoms with Crippen LogP contribution in [0.4, 0.5) is 8.78 Å². The summed E-state index contributed by atoms with van der Waals surface area (Å²) < 4.78 is 35.6. The molecule has 1 aliphatic rings. The molecule has 2 nitrogen and oxygen atoms in total. The molecule has 0 spiro atoms. The fourth-order valence-electron chi connectivity index (χ4n) is 1.32. The maximum atomic E-state index is 12.8. The zero-order valence-electron chi connectivity index (χ0n) is 7.35. The van der Waals surface area contributed by atoms with Crippen molar-refractivity contribution < 1.29 is 18.3 Å². The van der Waals surface area contributed by atoms with E-state index in [1.807, 2.05) is 0 Å². The van der Waals surface area contributed by atoms with E-state index >= 15 is 0 Å². The van der Waals surface area contributed by atoms with Crippen molar-refractivity contribution in [2.24, 2.45) is 0 Å². The monoisotopic (exact) mass is 180 g/mol. The van der Waals surface area contributed by atoms with Gasteiger partial charge in [0.25, 0.3) is 5.92 Å². The Labute approximate surface area is 70.8 Å². The van der Waals surface area contributed by atoms with E-state index in [-0.39, 0.29) is 12.5 Å². The van der Waals surface area contributed by atoms with E-state index in [0.717, 1.165) is 0 Å². The second kappa shape index (κ2) is 3.66.